The lowest BCUT2D eigenvalue weighted by Gasteiger charge is -2.21. The summed E-state index contributed by atoms with van der Waals surface area (Å²) in [6.07, 6.45) is 0. The summed E-state index contributed by atoms with van der Waals surface area (Å²) in [4.78, 5) is 2.28. The summed E-state index contributed by atoms with van der Waals surface area (Å²) < 4.78 is 2.38. The molecule has 0 spiro atoms. The Hall–Kier alpha value is -4.30. The molecule has 2 heteroatoms. The lowest BCUT2D eigenvalue weighted by Crippen LogP contribution is -2.09. The Morgan fingerprint density at radius 2 is 1.12 bits per heavy atom. The number of anilines is 2. The fourth-order valence-electron chi connectivity index (χ4n) is 4.78. The molecule has 6 aromatic rings. The summed E-state index contributed by atoms with van der Waals surface area (Å²) in [5.41, 5.74) is 8.43. The fraction of sp³-hybridized carbons (Fsp3) is 0.0323. The predicted molar refractivity (Wildman–Crippen MR) is 141 cm³/mol. The van der Waals surface area contributed by atoms with Crippen molar-refractivity contribution < 1.29 is 0 Å². The van der Waals surface area contributed by atoms with E-state index < -0.39 is 0 Å². The maximum atomic E-state index is 2.38. The number of aromatic nitrogens is 1. The molecule has 0 saturated heterocycles. The highest BCUT2D eigenvalue weighted by atomic mass is 15.1. The molecule has 0 fully saturated rings. The summed E-state index contributed by atoms with van der Waals surface area (Å²) >= 11 is 0. The van der Waals surface area contributed by atoms with Gasteiger partial charge in [0, 0.05) is 29.2 Å². The smallest absolute Gasteiger partial charge is 0.0562 e. The van der Waals surface area contributed by atoms with Gasteiger partial charge in [0.1, 0.15) is 0 Å². The van der Waals surface area contributed by atoms with Gasteiger partial charge in [0.25, 0.3) is 0 Å². The van der Waals surface area contributed by atoms with Crippen LogP contribution in [0.1, 0.15) is 0 Å². The van der Waals surface area contributed by atoms with Crippen molar-refractivity contribution in [3.8, 4) is 16.8 Å². The number of rotatable bonds is 4. The lowest BCUT2D eigenvalue weighted by molar-refractivity contribution is 1.18. The molecule has 0 aliphatic rings. The monoisotopic (exact) mass is 424 g/mol. The molecule has 0 unspecified atom stereocenters. The molecular weight excluding hydrogens is 400 g/mol. The quantitative estimate of drug-likeness (QED) is 0.277. The first-order valence-corrected chi connectivity index (χ1v) is 11.3. The van der Waals surface area contributed by atoms with Crippen LogP contribution in [0.3, 0.4) is 0 Å². The number of hydrogen-bond acceptors (Lipinski definition) is 1. The van der Waals surface area contributed by atoms with E-state index >= 15 is 0 Å². The number of hydrogen-bond donors (Lipinski definition) is 0. The van der Waals surface area contributed by atoms with Gasteiger partial charge in [-0.1, -0.05) is 84.9 Å². The van der Waals surface area contributed by atoms with Crippen LogP contribution in [-0.4, -0.2) is 11.6 Å². The SMILES string of the molecule is CN(c1ccccc1)c1cccc2c1c1ccccc1n2-c1ccc(-c2ccccc2)cc1. The zero-order valence-electron chi connectivity index (χ0n) is 18.5. The second kappa shape index (κ2) is 7.99. The summed E-state index contributed by atoms with van der Waals surface area (Å²) in [7, 11) is 2.14. The van der Waals surface area contributed by atoms with Crippen LogP contribution in [-0.2, 0) is 0 Å². The van der Waals surface area contributed by atoms with Gasteiger partial charge in [-0.25, -0.2) is 0 Å². The van der Waals surface area contributed by atoms with Crippen LogP contribution in [0.4, 0.5) is 11.4 Å². The van der Waals surface area contributed by atoms with Crippen molar-refractivity contribution in [3.63, 3.8) is 0 Å². The second-order valence-corrected chi connectivity index (χ2v) is 8.33. The Bertz CT molecular complexity index is 1550. The molecule has 1 aromatic heterocycles. The van der Waals surface area contributed by atoms with Crippen LogP contribution in [0.15, 0.2) is 127 Å². The highest BCUT2D eigenvalue weighted by molar-refractivity contribution is 6.15. The first kappa shape index (κ1) is 19.4. The minimum Gasteiger partial charge on any atom is -0.344 e. The van der Waals surface area contributed by atoms with Crippen LogP contribution in [0.2, 0.25) is 0 Å². The van der Waals surface area contributed by atoms with E-state index in [2.05, 4.69) is 144 Å². The van der Waals surface area contributed by atoms with E-state index in [9.17, 15) is 0 Å². The molecular formula is C31H24N2. The predicted octanol–water partition coefficient (Wildman–Crippen LogP) is 8.22. The highest BCUT2D eigenvalue weighted by Crippen LogP contribution is 2.39. The van der Waals surface area contributed by atoms with Gasteiger partial charge < -0.3 is 9.47 Å². The zero-order chi connectivity index (χ0) is 22.2. The number of fused-ring (bicyclic) bond motifs is 3. The van der Waals surface area contributed by atoms with Crippen LogP contribution in [0, 0.1) is 0 Å². The van der Waals surface area contributed by atoms with E-state index in [-0.39, 0.29) is 0 Å². The van der Waals surface area contributed by atoms with Crippen molar-refractivity contribution >= 4 is 33.2 Å². The minimum atomic E-state index is 1.17. The number of benzene rings is 5. The van der Waals surface area contributed by atoms with Crippen LogP contribution < -0.4 is 4.90 Å². The average Bonchev–Trinajstić information content (AvgIpc) is 3.24. The largest absolute Gasteiger partial charge is 0.344 e. The Labute approximate surface area is 194 Å². The van der Waals surface area contributed by atoms with E-state index in [1.807, 2.05) is 0 Å². The maximum absolute atomic E-state index is 2.38. The molecule has 33 heavy (non-hydrogen) atoms. The molecule has 0 aliphatic carbocycles. The average molecular weight is 425 g/mol. The first-order valence-electron chi connectivity index (χ1n) is 11.3. The number of nitrogens with zero attached hydrogens (tertiary/aromatic N) is 2. The van der Waals surface area contributed by atoms with Crippen molar-refractivity contribution in [2.75, 3.05) is 11.9 Å². The van der Waals surface area contributed by atoms with E-state index in [1.54, 1.807) is 0 Å². The van der Waals surface area contributed by atoms with Crippen molar-refractivity contribution in [2.24, 2.45) is 0 Å². The standard InChI is InChI=1S/C31H24N2/c1-32(25-13-6-3-7-14-25)29-17-10-18-30-31(29)27-15-8-9-16-28(27)33(30)26-21-19-24(20-22-26)23-11-4-2-5-12-23/h2-22H,1H3. The summed E-state index contributed by atoms with van der Waals surface area (Å²) in [5, 5.41) is 2.53. The summed E-state index contributed by atoms with van der Waals surface area (Å²) in [6, 6.07) is 45.2. The van der Waals surface area contributed by atoms with Gasteiger partial charge in [-0.05, 0) is 53.6 Å². The number of para-hydroxylation sites is 2. The first-order chi connectivity index (χ1) is 16.3. The molecule has 158 valence electrons. The van der Waals surface area contributed by atoms with E-state index in [1.165, 1.54) is 50.0 Å². The lowest BCUT2D eigenvalue weighted by atomic mass is 10.1. The maximum Gasteiger partial charge on any atom is 0.0562 e. The highest BCUT2D eigenvalue weighted by Gasteiger charge is 2.17. The molecule has 0 saturated carbocycles. The van der Waals surface area contributed by atoms with Gasteiger partial charge in [-0.2, -0.15) is 0 Å². The van der Waals surface area contributed by atoms with Gasteiger partial charge in [0.2, 0.25) is 0 Å². The van der Waals surface area contributed by atoms with Crippen LogP contribution >= 0.6 is 0 Å². The summed E-state index contributed by atoms with van der Waals surface area (Å²) in [5.74, 6) is 0. The molecule has 0 bridgehead atoms. The van der Waals surface area contributed by atoms with Gasteiger partial charge >= 0.3 is 0 Å². The Morgan fingerprint density at radius 1 is 0.515 bits per heavy atom. The molecule has 0 atom stereocenters. The molecule has 5 aromatic carbocycles. The normalized spacial score (nSPS) is 11.2. The Morgan fingerprint density at radius 3 is 1.88 bits per heavy atom. The molecule has 0 amide bonds. The van der Waals surface area contributed by atoms with Crippen molar-refractivity contribution in [1.29, 1.82) is 0 Å². The third-order valence-corrected chi connectivity index (χ3v) is 6.41. The third-order valence-electron chi connectivity index (χ3n) is 6.41. The molecule has 1 heterocycles. The molecule has 2 nitrogen and oxygen atoms in total. The van der Waals surface area contributed by atoms with Crippen LogP contribution in [0.5, 0.6) is 0 Å². The molecule has 0 aliphatic heterocycles. The van der Waals surface area contributed by atoms with E-state index in [0.29, 0.717) is 0 Å². The van der Waals surface area contributed by atoms with Gasteiger partial charge in [0.15, 0.2) is 0 Å². The topological polar surface area (TPSA) is 8.17 Å². The molecule has 0 radical (unpaired) electrons. The third kappa shape index (κ3) is 3.28. The van der Waals surface area contributed by atoms with Gasteiger partial charge in [-0.15, -0.1) is 0 Å². The molecule has 0 N–H and O–H groups in total. The Balaban J connectivity index is 1.56. The molecule has 6 rings (SSSR count). The van der Waals surface area contributed by atoms with E-state index in [4.69, 9.17) is 0 Å². The van der Waals surface area contributed by atoms with Crippen LogP contribution in [0.25, 0.3) is 38.6 Å². The fourth-order valence-corrected chi connectivity index (χ4v) is 4.78. The van der Waals surface area contributed by atoms with Crippen molar-refractivity contribution in [1.82, 2.24) is 4.57 Å². The van der Waals surface area contributed by atoms with Crippen molar-refractivity contribution in [3.05, 3.63) is 127 Å². The van der Waals surface area contributed by atoms with Gasteiger partial charge in [0.05, 0.1) is 16.7 Å². The minimum absolute atomic E-state index is 1.17. The zero-order valence-corrected chi connectivity index (χ0v) is 18.5. The van der Waals surface area contributed by atoms with Gasteiger partial charge in [-0.3, -0.25) is 0 Å². The van der Waals surface area contributed by atoms with E-state index in [0.717, 1.165) is 0 Å². The van der Waals surface area contributed by atoms with Crippen molar-refractivity contribution in [2.45, 2.75) is 0 Å². The second-order valence-electron chi connectivity index (χ2n) is 8.33. The summed E-state index contributed by atoms with van der Waals surface area (Å²) in [6.45, 7) is 0. The Kier molecular flexibility index (Phi) is 4.70.